The van der Waals surface area contributed by atoms with Gasteiger partial charge in [-0.25, -0.2) is 0 Å². The molecule has 0 aliphatic heterocycles. The normalized spacial score (nSPS) is 29.0. The fraction of sp³-hybridized carbons (Fsp3) is 0.647. The van der Waals surface area contributed by atoms with Gasteiger partial charge in [0.05, 0.1) is 4.92 Å². The van der Waals surface area contributed by atoms with Crippen LogP contribution in [0.25, 0.3) is 0 Å². The first-order valence-corrected chi connectivity index (χ1v) is 8.59. The molecule has 2 aliphatic carbocycles. The maximum absolute atomic E-state index is 12.4. The number of fused-ring (bicyclic) bond motifs is 2. The third-order valence-electron chi connectivity index (χ3n) is 5.49. The number of hydrogen-bond acceptors (Lipinski definition) is 4. The Kier molecular flexibility index (Phi) is 4.69. The standard InChI is InChI=1S/C17H23N3O4/c1-11-8-12-4-2-5-13(9-12)16(11)18-15(21)10-19-7-3-6-14(17(19)22)20(23)24/h3,6-7,11-13,16H,2,4-5,8-10H2,1H3,(H,18,21). The summed E-state index contributed by atoms with van der Waals surface area (Å²) in [5, 5.41) is 13.9. The number of nitro groups is 1. The van der Waals surface area contributed by atoms with Crippen LogP contribution < -0.4 is 10.9 Å². The zero-order valence-corrected chi connectivity index (χ0v) is 13.8. The minimum absolute atomic E-state index is 0.142. The topological polar surface area (TPSA) is 94.2 Å². The molecule has 4 unspecified atom stereocenters. The van der Waals surface area contributed by atoms with Gasteiger partial charge in [0.25, 0.3) is 0 Å². The molecule has 2 aliphatic rings. The summed E-state index contributed by atoms with van der Waals surface area (Å²) < 4.78 is 1.10. The largest absolute Gasteiger partial charge is 0.351 e. The average Bonchev–Trinajstić information content (AvgIpc) is 2.53. The lowest BCUT2D eigenvalue weighted by Gasteiger charge is -2.44. The Labute approximate surface area is 140 Å². The second kappa shape index (κ2) is 6.75. The van der Waals surface area contributed by atoms with Crippen molar-refractivity contribution in [1.82, 2.24) is 9.88 Å². The molecule has 7 nitrogen and oxygen atoms in total. The lowest BCUT2D eigenvalue weighted by atomic mass is 9.65. The van der Waals surface area contributed by atoms with Crippen molar-refractivity contribution in [3.8, 4) is 0 Å². The Morgan fingerprint density at radius 3 is 2.96 bits per heavy atom. The van der Waals surface area contributed by atoms with Gasteiger partial charge < -0.3 is 9.88 Å². The minimum Gasteiger partial charge on any atom is -0.351 e. The molecule has 1 amide bonds. The first kappa shape index (κ1) is 16.7. The number of hydrogen-bond donors (Lipinski definition) is 1. The van der Waals surface area contributed by atoms with E-state index in [1.807, 2.05) is 0 Å². The first-order chi connectivity index (χ1) is 11.5. The summed E-state index contributed by atoms with van der Waals surface area (Å²) in [4.78, 5) is 34.5. The Morgan fingerprint density at radius 1 is 1.42 bits per heavy atom. The first-order valence-electron chi connectivity index (χ1n) is 8.59. The Balaban J connectivity index is 1.69. The molecular weight excluding hydrogens is 310 g/mol. The Hall–Kier alpha value is -2.18. The van der Waals surface area contributed by atoms with Gasteiger partial charge in [-0.15, -0.1) is 0 Å². The van der Waals surface area contributed by atoms with E-state index in [1.54, 1.807) is 0 Å². The number of pyridine rings is 1. The van der Waals surface area contributed by atoms with E-state index in [2.05, 4.69) is 12.2 Å². The average molecular weight is 333 g/mol. The Morgan fingerprint density at radius 2 is 2.21 bits per heavy atom. The minimum atomic E-state index is -0.743. The summed E-state index contributed by atoms with van der Waals surface area (Å²) in [7, 11) is 0. The highest BCUT2D eigenvalue weighted by Crippen LogP contribution is 2.42. The van der Waals surface area contributed by atoms with Crippen molar-refractivity contribution in [2.45, 2.75) is 51.6 Å². The van der Waals surface area contributed by atoms with Crippen LogP contribution in [-0.2, 0) is 11.3 Å². The molecule has 0 aromatic carbocycles. The van der Waals surface area contributed by atoms with Crippen molar-refractivity contribution in [1.29, 1.82) is 0 Å². The van der Waals surface area contributed by atoms with Gasteiger partial charge >= 0.3 is 11.2 Å². The third kappa shape index (κ3) is 3.34. The molecule has 1 aromatic rings. The van der Waals surface area contributed by atoms with Crippen molar-refractivity contribution >= 4 is 11.6 Å². The molecule has 7 heteroatoms. The van der Waals surface area contributed by atoms with Gasteiger partial charge in [0.2, 0.25) is 5.91 Å². The van der Waals surface area contributed by atoms with Crippen LogP contribution in [0.5, 0.6) is 0 Å². The molecule has 1 heterocycles. The summed E-state index contributed by atoms with van der Waals surface area (Å²) in [6.07, 6.45) is 7.38. The van der Waals surface area contributed by atoms with Gasteiger partial charge in [0, 0.05) is 18.3 Å². The summed E-state index contributed by atoms with van der Waals surface area (Å²) in [6.45, 7) is 1.99. The van der Waals surface area contributed by atoms with Gasteiger partial charge in [-0.05, 0) is 43.1 Å². The highest BCUT2D eigenvalue weighted by molar-refractivity contribution is 5.76. The van der Waals surface area contributed by atoms with E-state index >= 15 is 0 Å². The summed E-state index contributed by atoms with van der Waals surface area (Å²) in [6, 6.07) is 2.72. The maximum Gasteiger partial charge on any atom is 0.334 e. The maximum atomic E-state index is 12.4. The highest BCUT2D eigenvalue weighted by atomic mass is 16.6. The molecule has 4 atom stereocenters. The second-order valence-electron chi connectivity index (χ2n) is 7.18. The molecule has 1 N–H and O–H groups in total. The van der Waals surface area contributed by atoms with Crippen LogP contribution in [-0.4, -0.2) is 21.4 Å². The van der Waals surface area contributed by atoms with Crippen LogP contribution in [0.15, 0.2) is 23.1 Å². The third-order valence-corrected chi connectivity index (χ3v) is 5.49. The van der Waals surface area contributed by atoms with E-state index in [9.17, 15) is 19.7 Å². The lowest BCUT2D eigenvalue weighted by molar-refractivity contribution is -0.386. The molecule has 0 radical (unpaired) electrons. The monoisotopic (exact) mass is 333 g/mol. The van der Waals surface area contributed by atoms with Crippen molar-refractivity contribution in [3.05, 3.63) is 38.8 Å². The molecule has 0 saturated heterocycles. The lowest BCUT2D eigenvalue weighted by Crippen LogP contribution is -2.50. The van der Waals surface area contributed by atoms with Crippen LogP contribution in [0.2, 0.25) is 0 Å². The zero-order valence-electron chi connectivity index (χ0n) is 13.8. The number of aromatic nitrogens is 1. The molecule has 130 valence electrons. The second-order valence-corrected chi connectivity index (χ2v) is 7.18. The molecule has 2 bridgehead atoms. The number of rotatable bonds is 4. The van der Waals surface area contributed by atoms with Crippen LogP contribution in [0.1, 0.15) is 39.0 Å². The molecule has 3 rings (SSSR count). The summed E-state index contributed by atoms with van der Waals surface area (Å²) >= 11 is 0. The molecule has 1 aromatic heterocycles. The molecule has 24 heavy (non-hydrogen) atoms. The van der Waals surface area contributed by atoms with Crippen molar-refractivity contribution in [2.24, 2.45) is 17.8 Å². The smallest absolute Gasteiger partial charge is 0.334 e. The highest BCUT2D eigenvalue weighted by Gasteiger charge is 2.38. The Bertz CT molecular complexity index is 697. The summed E-state index contributed by atoms with van der Waals surface area (Å²) in [5.74, 6) is 1.47. The van der Waals surface area contributed by atoms with Crippen molar-refractivity contribution < 1.29 is 9.72 Å². The number of nitrogens with zero attached hydrogens (tertiary/aromatic N) is 2. The van der Waals surface area contributed by atoms with Gasteiger partial charge in [-0.1, -0.05) is 19.8 Å². The molecule has 2 saturated carbocycles. The van der Waals surface area contributed by atoms with Crippen LogP contribution in [0, 0.1) is 27.9 Å². The van der Waals surface area contributed by atoms with E-state index in [4.69, 9.17) is 0 Å². The fourth-order valence-electron chi connectivity index (χ4n) is 4.44. The van der Waals surface area contributed by atoms with E-state index < -0.39 is 16.2 Å². The van der Waals surface area contributed by atoms with Gasteiger partial charge in [0.15, 0.2) is 0 Å². The van der Waals surface area contributed by atoms with Crippen molar-refractivity contribution in [2.75, 3.05) is 0 Å². The fourth-order valence-corrected chi connectivity index (χ4v) is 4.44. The van der Waals surface area contributed by atoms with Gasteiger partial charge in [0.1, 0.15) is 6.54 Å². The van der Waals surface area contributed by atoms with Gasteiger partial charge in [-0.3, -0.25) is 19.7 Å². The van der Waals surface area contributed by atoms with Crippen molar-refractivity contribution in [3.63, 3.8) is 0 Å². The SMILES string of the molecule is CC1CC2CCCC(C2)C1NC(=O)Cn1cccc([N+](=O)[O-])c1=O. The van der Waals surface area contributed by atoms with Gasteiger partial charge in [-0.2, -0.15) is 0 Å². The molecule has 2 fully saturated rings. The predicted molar refractivity (Wildman–Crippen MR) is 88.5 cm³/mol. The van der Waals surface area contributed by atoms with E-state index in [1.165, 1.54) is 31.5 Å². The van der Waals surface area contributed by atoms with E-state index in [0.717, 1.165) is 29.4 Å². The molecular formula is C17H23N3O4. The van der Waals surface area contributed by atoms with Crippen LogP contribution in [0.4, 0.5) is 5.69 Å². The number of carbonyl (C=O) groups excluding carboxylic acids is 1. The van der Waals surface area contributed by atoms with Crippen LogP contribution in [0.3, 0.4) is 0 Å². The zero-order chi connectivity index (χ0) is 17.3. The van der Waals surface area contributed by atoms with Crippen LogP contribution >= 0.6 is 0 Å². The summed E-state index contributed by atoms with van der Waals surface area (Å²) in [5.41, 5.74) is -1.25. The number of carbonyl (C=O) groups is 1. The number of nitrogens with one attached hydrogen (secondary N) is 1. The van der Waals surface area contributed by atoms with E-state index in [-0.39, 0.29) is 18.5 Å². The van der Waals surface area contributed by atoms with E-state index in [0.29, 0.717) is 11.8 Å². The quantitative estimate of drug-likeness (QED) is 0.674. The molecule has 0 spiro atoms. The predicted octanol–water partition coefficient (Wildman–Crippen LogP) is 2.09. The number of amides is 1.